The highest BCUT2D eigenvalue weighted by Gasteiger charge is 2.53. The number of rotatable bonds is 2. The molecular weight excluding hydrogens is 278 g/mol. The Bertz CT molecular complexity index is 677. The van der Waals surface area contributed by atoms with Crippen LogP contribution in [0.15, 0.2) is 6.33 Å². The maximum Gasteiger partial charge on any atom is 0.156 e. The van der Waals surface area contributed by atoms with Crippen molar-refractivity contribution in [1.82, 2.24) is 20.2 Å². The van der Waals surface area contributed by atoms with Gasteiger partial charge in [0.05, 0.1) is 6.61 Å². The van der Waals surface area contributed by atoms with E-state index < -0.39 is 12.2 Å². The highest BCUT2D eigenvalue weighted by Crippen LogP contribution is 2.42. The zero-order valence-electron chi connectivity index (χ0n) is 11.3. The number of hydrogen-bond donors (Lipinski definition) is 3. The SMILES string of the molecule is CC1O[C@@H]2[C@H](O1)[C@@H](CO)O[C@H]2c1n[nH]c2c(N)ncnc12. The van der Waals surface area contributed by atoms with Gasteiger partial charge in [-0.3, -0.25) is 5.10 Å². The molecule has 2 aromatic heterocycles. The molecular formula is C12H15N5O4. The van der Waals surface area contributed by atoms with Gasteiger partial charge in [-0.05, 0) is 6.92 Å². The van der Waals surface area contributed by atoms with Gasteiger partial charge in [-0.25, -0.2) is 9.97 Å². The van der Waals surface area contributed by atoms with Crippen LogP contribution in [-0.2, 0) is 14.2 Å². The van der Waals surface area contributed by atoms with E-state index >= 15 is 0 Å². The smallest absolute Gasteiger partial charge is 0.156 e. The van der Waals surface area contributed by atoms with Crippen LogP contribution in [0, 0.1) is 0 Å². The fourth-order valence-electron chi connectivity index (χ4n) is 2.95. The standard InChI is InChI=1S/C12H15N5O4/c1-4-19-9-5(2-18)21-10(11(9)20-4)7-6-8(17-16-7)12(13)15-3-14-6/h3-5,9-11,18H,2H2,1H3,(H,16,17)(H2,13,14,15)/t4?,5-,9-,10+,11-/m1/s1. The second-order valence-corrected chi connectivity index (χ2v) is 5.14. The third-order valence-corrected chi connectivity index (χ3v) is 3.86. The summed E-state index contributed by atoms with van der Waals surface area (Å²) in [6.07, 6.45) is -0.538. The van der Waals surface area contributed by atoms with Crippen molar-refractivity contribution in [2.45, 2.75) is 37.6 Å². The molecule has 5 atom stereocenters. The molecule has 0 aliphatic carbocycles. The Balaban J connectivity index is 1.76. The molecule has 1 unspecified atom stereocenters. The van der Waals surface area contributed by atoms with Gasteiger partial charge in [-0.15, -0.1) is 0 Å². The van der Waals surface area contributed by atoms with E-state index in [4.69, 9.17) is 19.9 Å². The van der Waals surface area contributed by atoms with Gasteiger partial charge in [0.2, 0.25) is 0 Å². The molecule has 0 radical (unpaired) electrons. The molecule has 0 saturated carbocycles. The lowest BCUT2D eigenvalue weighted by Crippen LogP contribution is -2.30. The molecule has 4 N–H and O–H groups in total. The Morgan fingerprint density at radius 3 is 2.90 bits per heavy atom. The van der Waals surface area contributed by atoms with Crippen LogP contribution in [0.25, 0.3) is 11.0 Å². The van der Waals surface area contributed by atoms with Gasteiger partial charge < -0.3 is 25.1 Å². The van der Waals surface area contributed by atoms with E-state index in [1.54, 1.807) is 0 Å². The zero-order valence-corrected chi connectivity index (χ0v) is 11.3. The number of hydrogen-bond acceptors (Lipinski definition) is 8. The molecule has 9 heteroatoms. The Labute approximate surface area is 119 Å². The minimum atomic E-state index is -0.472. The molecule has 2 aliphatic heterocycles. The second kappa shape index (κ2) is 4.60. The van der Waals surface area contributed by atoms with Gasteiger partial charge in [-0.2, -0.15) is 5.10 Å². The van der Waals surface area contributed by atoms with Gasteiger partial charge >= 0.3 is 0 Å². The number of aromatic amines is 1. The van der Waals surface area contributed by atoms with Crippen molar-refractivity contribution in [3.8, 4) is 0 Å². The Morgan fingerprint density at radius 1 is 1.29 bits per heavy atom. The van der Waals surface area contributed by atoms with Crippen molar-refractivity contribution in [2.75, 3.05) is 12.3 Å². The van der Waals surface area contributed by atoms with E-state index in [-0.39, 0.29) is 25.1 Å². The molecule has 4 heterocycles. The molecule has 2 saturated heterocycles. The number of nitrogens with two attached hydrogens (primary N) is 1. The monoisotopic (exact) mass is 293 g/mol. The quantitative estimate of drug-likeness (QED) is 0.675. The van der Waals surface area contributed by atoms with Crippen LogP contribution < -0.4 is 5.73 Å². The summed E-state index contributed by atoms with van der Waals surface area (Å²) >= 11 is 0. The van der Waals surface area contributed by atoms with Crippen molar-refractivity contribution >= 4 is 16.9 Å². The van der Waals surface area contributed by atoms with E-state index in [1.807, 2.05) is 6.92 Å². The molecule has 9 nitrogen and oxygen atoms in total. The lowest BCUT2D eigenvalue weighted by atomic mass is 10.1. The van der Waals surface area contributed by atoms with E-state index in [0.29, 0.717) is 22.5 Å². The van der Waals surface area contributed by atoms with E-state index in [1.165, 1.54) is 6.33 Å². The lowest BCUT2D eigenvalue weighted by molar-refractivity contribution is -0.129. The first-order valence-corrected chi connectivity index (χ1v) is 6.70. The number of nitrogens with zero attached hydrogens (tertiary/aromatic N) is 3. The zero-order chi connectivity index (χ0) is 14.6. The molecule has 0 bridgehead atoms. The first kappa shape index (κ1) is 12.9. The van der Waals surface area contributed by atoms with Crippen molar-refractivity contribution < 1.29 is 19.3 Å². The van der Waals surface area contributed by atoms with Crippen molar-refractivity contribution in [3.63, 3.8) is 0 Å². The number of fused-ring (bicyclic) bond motifs is 2. The summed E-state index contributed by atoms with van der Waals surface area (Å²) in [5.74, 6) is 0.323. The molecule has 2 fully saturated rings. The van der Waals surface area contributed by atoms with Gasteiger partial charge in [0.15, 0.2) is 12.1 Å². The van der Waals surface area contributed by atoms with Crippen LogP contribution in [0.3, 0.4) is 0 Å². The van der Waals surface area contributed by atoms with E-state index in [0.717, 1.165) is 0 Å². The number of ether oxygens (including phenoxy) is 3. The summed E-state index contributed by atoms with van der Waals surface area (Å²) in [5, 5.41) is 16.5. The first-order chi connectivity index (χ1) is 10.2. The maximum absolute atomic E-state index is 9.44. The topological polar surface area (TPSA) is 128 Å². The summed E-state index contributed by atoms with van der Waals surface area (Å²) in [5.41, 5.74) is 7.53. The number of nitrogens with one attached hydrogen (secondary N) is 1. The Hall–Kier alpha value is -1.81. The van der Waals surface area contributed by atoms with E-state index in [9.17, 15) is 5.11 Å². The fourth-order valence-corrected chi connectivity index (χ4v) is 2.95. The van der Waals surface area contributed by atoms with Crippen LogP contribution >= 0.6 is 0 Å². The maximum atomic E-state index is 9.44. The number of aliphatic hydroxyl groups is 1. The summed E-state index contributed by atoms with van der Waals surface area (Å²) in [6, 6.07) is 0. The van der Waals surface area contributed by atoms with Crippen molar-refractivity contribution in [2.24, 2.45) is 0 Å². The third kappa shape index (κ3) is 1.82. The minimum absolute atomic E-state index is 0.146. The van der Waals surface area contributed by atoms with Gasteiger partial charge in [-0.1, -0.05) is 0 Å². The van der Waals surface area contributed by atoms with E-state index in [2.05, 4.69) is 20.2 Å². The second-order valence-electron chi connectivity index (χ2n) is 5.14. The van der Waals surface area contributed by atoms with Gasteiger partial charge in [0.25, 0.3) is 0 Å². The molecule has 2 aliphatic rings. The first-order valence-electron chi connectivity index (χ1n) is 6.70. The molecule has 4 rings (SSSR count). The predicted octanol–water partition coefficient (Wildman–Crippen LogP) is -0.503. The predicted molar refractivity (Wildman–Crippen MR) is 70.0 cm³/mol. The normalized spacial score (nSPS) is 35.4. The average molecular weight is 293 g/mol. The minimum Gasteiger partial charge on any atom is -0.394 e. The number of H-pyrrole nitrogens is 1. The number of aliphatic hydroxyl groups excluding tert-OH is 1. The molecule has 0 spiro atoms. The number of anilines is 1. The van der Waals surface area contributed by atoms with Crippen LogP contribution in [0.1, 0.15) is 18.7 Å². The molecule has 112 valence electrons. The summed E-state index contributed by atoms with van der Waals surface area (Å²) < 4.78 is 17.2. The number of aromatic nitrogens is 4. The average Bonchev–Trinajstić information content (AvgIpc) is 3.12. The van der Waals surface area contributed by atoms with Gasteiger partial charge in [0, 0.05) is 0 Å². The molecule has 2 aromatic rings. The van der Waals surface area contributed by atoms with Crippen LogP contribution in [0.5, 0.6) is 0 Å². The largest absolute Gasteiger partial charge is 0.394 e. The highest BCUT2D eigenvalue weighted by molar-refractivity contribution is 5.85. The summed E-state index contributed by atoms with van der Waals surface area (Å²) in [4.78, 5) is 8.12. The van der Waals surface area contributed by atoms with Crippen LogP contribution in [0.4, 0.5) is 5.82 Å². The third-order valence-electron chi connectivity index (χ3n) is 3.86. The fraction of sp³-hybridized carbons (Fsp3) is 0.583. The summed E-state index contributed by atoms with van der Waals surface area (Å²) in [7, 11) is 0. The van der Waals surface area contributed by atoms with Crippen LogP contribution in [-0.4, -0.2) is 56.5 Å². The molecule has 0 amide bonds. The highest BCUT2D eigenvalue weighted by atomic mass is 16.8. The van der Waals surface area contributed by atoms with Gasteiger partial charge in [0.1, 0.15) is 47.5 Å². The molecule has 21 heavy (non-hydrogen) atoms. The molecule has 0 aromatic carbocycles. The Morgan fingerprint density at radius 2 is 2.10 bits per heavy atom. The van der Waals surface area contributed by atoms with Crippen molar-refractivity contribution in [3.05, 3.63) is 12.0 Å². The lowest BCUT2D eigenvalue weighted by Gasteiger charge is -2.16. The van der Waals surface area contributed by atoms with Crippen molar-refractivity contribution in [1.29, 1.82) is 0 Å². The number of nitrogen functional groups attached to an aromatic ring is 1. The summed E-state index contributed by atoms with van der Waals surface area (Å²) in [6.45, 7) is 1.67. The Kier molecular flexibility index (Phi) is 2.82. The van der Waals surface area contributed by atoms with Crippen LogP contribution in [0.2, 0.25) is 0 Å².